The van der Waals surface area contributed by atoms with Gasteiger partial charge in [0.05, 0.1) is 9.82 Å². The molecule has 0 fully saturated rings. The Morgan fingerprint density at radius 1 is 0.964 bits per heavy atom. The number of thioether (sulfide) groups is 1. The Labute approximate surface area is 176 Å². The van der Waals surface area contributed by atoms with E-state index in [1.54, 1.807) is 0 Å². The van der Waals surface area contributed by atoms with E-state index in [-0.39, 0.29) is 17.0 Å². The monoisotopic (exact) mass is 477 g/mol. The fraction of sp³-hybridized carbons (Fsp3) is 0.100. The summed E-state index contributed by atoms with van der Waals surface area (Å²) in [5, 5.41) is 11.1. The molecule has 0 amide bonds. The second-order valence-electron chi connectivity index (χ2n) is 5.99. The van der Waals surface area contributed by atoms with E-state index in [1.165, 1.54) is 30.0 Å². The first-order valence-corrected chi connectivity index (χ1v) is 11.5. The van der Waals surface area contributed by atoms with E-state index in [4.69, 9.17) is 0 Å². The molecule has 0 aliphatic carbocycles. The lowest BCUT2D eigenvalue weighted by Crippen LogP contribution is -2.21. The lowest BCUT2D eigenvalue weighted by molar-refractivity contribution is -0.385. The number of non-ortho nitro benzene ring substituents is 1. The number of nitro groups is 1. The number of nitrogens with zero attached hydrogens (tertiary/aromatic N) is 1. The Morgan fingerprint density at radius 3 is 2.29 bits per heavy atom. The van der Waals surface area contributed by atoms with Crippen molar-refractivity contribution in [1.29, 1.82) is 0 Å². The van der Waals surface area contributed by atoms with Crippen LogP contribution < -0.4 is 0 Å². The van der Waals surface area contributed by atoms with Gasteiger partial charge in [-0.05, 0) is 42.3 Å². The number of benzene rings is 3. The van der Waals surface area contributed by atoms with Crippen molar-refractivity contribution in [3.63, 3.8) is 0 Å². The number of rotatable bonds is 7. The van der Waals surface area contributed by atoms with Crippen LogP contribution in [0.5, 0.6) is 0 Å². The number of hydrogen-bond donors (Lipinski definition) is 0. The smallest absolute Gasteiger partial charge is 0.258 e. The summed E-state index contributed by atoms with van der Waals surface area (Å²) in [5.41, 5.74) is 0.638. The predicted octanol–water partition coefficient (Wildman–Crippen LogP) is 5.49. The van der Waals surface area contributed by atoms with Crippen LogP contribution in [-0.4, -0.2) is 17.9 Å². The van der Waals surface area contributed by atoms with Gasteiger partial charge in [0.15, 0.2) is 9.84 Å². The summed E-state index contributed by atoms with van der Waals surface area (Å²) in [6.07, 6.45) is 0.284. The van der Waals surface area contributed by atoms with Crippen LogP contribution in [-0.2, 0) is 16.3 Å². The lowest BCUT2D eigenvalue weighted by Gasteiger charge is -2.18. The van der Waals surface area contributed by atoms with E-state index in [0.717, 1.165) is 21.0 Å². The van der Waals surface area contributed by atoms with Gasteiger partial charge in [0.25, 0.3) is 5.69 Å². The minimum atomic E-state index is -3.82. The average molecular weight is 478 g/mol. The molecular formula is C20H16BrNO4S2. The van der Waals surface area contributed by atoms with Gasteiger partial charge in [0, 0.05) is 21.5 Å². The molecule has 0 heterocycles. The molecule has 144 valence electrons. The first-order chi connectivity index (χ1) is 13.4. The zero-order valence-corrected chi connectivity index (χ0v) is 17.8. The van der Waals surface area contributed by atoms with Crippen LogP contribution in [0.4, 0.5) is 5.69 Å². The van der Waals surface area contributed by atoms with E-state index in [2.05, 4.69) is 15.9 Å². The summed E-state index contributed by atoms with van der Waals surface area (Å²) in [6.45, 7) is 0. The Hall–Kier alpha value is -2.16. The van der Waals surface area contributed by atoms with Crippen LogP contribution in [0.1, 0.15) is 5.56 Å². The molecular weight excluding hydrogens is 462 g/mol. The van der Waals surface area contributed by atoms with Crippen LogP contribution in [0.2, 0.25) is 0 Å². The molecule has 3 rings (SSSR count). The molecule has 3 aromatic rings. The molecule has 0 saturated heterocycles. The van der Waals surface area contributed by atoms with Gasteiger partial charge in [-0.3, -0.25) is 10.1 Å². The van der Waals surface area contributed by atoms with Gasteiger partial charge < -0.3 is 0 Å². The van der Waals surface area contributed by atoms with Crippen LogP contribution in [0, 0.1) is 10.1 Å². The zero-order valence-electron chi connectivity index (χ0n) is 14.6. The summed E-state index contributed by atoms with van der Waals surface area (Å²) < 4.78 is 26.7. The second kappa shape index (κ2) is 8.89. The van der Waals surface area contributed by atoms with E-state index in [0.29, 0.717) is 0 Å². The molecule has 8 heteroatoms. The highest BCUT2D eigenvalue weighted by atomic mass is 79.9. The summed E-state index contributed by atoms with van der Waals surface area (Å²) in [4.78, 5) is 11.2. The lowest BCUT2D eigenvalue weighted by atomic mass is 10.2. The quantitative estimate of drug-likeness (QED) is 0.255. The van der Waals surface area contributed by atoms with Crippen LogP contribution in [0.3, 0.4) is 0 Å². The van der Waals surface area contributed by atoms with Gasteiger partial charge in [-0.2, -0.15) is 0 Å². The maximum Gasteiger partial charge on any atom is 0.270 e. The maximum atomic E-state index is 13.3. The molecule has 0 aliphatic heterocycles. The Kier molecular flexibility index (Phi) is 6.53. The average Bonchev–Trinajstić information content (AvgIpc) is 2.70. The van der Waals surface area contributed by atoms with Gasteiger partial charge in [-0.25, -0.2) is 8.42 Å². The molecule has 0 saturated carbocycles. The number of nitro benzene ring substituents is 1. The Balaban J connectivity index is 1.99. The number of hydrogen-bond acceptors (Lipinski definition) is 5. The minimum Gasteiger partial charge on any atom is -0.258 e. The minimum absolute atomic E-state index is 0.0488. The van der Waals surface area contributed by atoms with Crippen molar-refractivity contribution < 1.29 is 13.3 Å². The van der Waals surface area contributed by atoms with E-state index >= 15 is 0 Å². The van der Waals surface area contributed by atoms with Crippen molar-refractivity contribution in [2.75, 3.05) is 0 Å². The fourth-order valence-electron chi connectivity index (χ4n) is 2.61. The van der Waals surface area contributed by atoms with Crippen molar-refractivity contribution in [3.8, 4) is 0 Å². The van der Waals surface area contributed by atoms with Crippen LogP contribution in [0.15, 0.2) is 93.1 Å². The van der Waals surface area contributed by atoms with Crippen LogP contribution in [0.25, 0.3) is 0 Å². The highest BCUT2D eigenvalue weighted by Gasteiger charge is 2.30. The number of halogens is 1. The molecule has 1 atom stereocenters. The van der Waals surface area contributed by atoms with E-state index in [1.807, 2.05) is 54.6 Å². The SMILES string of the molecule is O=[N+]([O-])c1cccc(S(=O)(=O)C(Cc2ccccc2)Sc2ccc(Br)cc2)c1. The molecule has 28 heavy (non-hydrogen) atoms. The largest absolute Gasteiger partial charge is 0.270 e. The van der Waals surface area contributed by atoms with Gasteiger partial charge in [0.1, 0.15) is 4.58 Å². The van der Waals surface area contributed by atoms with Crippen LogP contribution >= 0.6 is 27.7 Å². The normalized spacial score (nSPS) is 12.5. The standard InChI is InChI=1S/C20H16BrNO4S2/c21-16-9-11-18(12-10-16)27-20(13-15-5-2-1-3-6-15)28(25,26)19-8-4-7-17(14-19)22(23)24/h1-12,14,20H,13H2. The van der Waals surface area contributed by atoms with E-state index < -0.39 is 19.3 Å². The van der Waals surface area contributed by atoms with Crippen molar-refractivity contribution in [3.05, 3.63) is 99.0 Å². The molecule has 0 aliphatic rings. The summed E-state index contributed by atoms with van der Waals surface area (Å²) in [6, 6.07) is 21.9. The molecule has 0 bridgehead atoms. The summed E-state index contributed by atoms with van der Waals surface area (Å²) in [5.74, 6) is 0. The fourth-order valence-corrected chi connectivity index (χ4v) is 6.19. The highest BCUT2D eigenvalue weighted by Crippen LogP contribution is 2.34. The van der Waals surface area contributed by atoms with Gasteiger partial charge in [-0.15, -0.1) is 11.8 Å². The predicted molar refractivity (Wildman–Crippen MR) is 114 cm³/mol. The first-order valence-electron chi connectivity index (χ1n) is 8.31. The van der Waals surface area contributed by atoms with Crippen molar-refractivity contribution in [2.45, 2.75) is 20.8 Å². The first kappa shape index (κ1) is 20.6. The third-order valence-corrected chi connectivity index (χ3v) is 8.35. The molecule has 0 spiro atoms. The van der Waals surface area contributed by atoms with Crippen molar-refractivity contribution in [2.24, 2.45) is 0 Å². The molecule has 1 unspecified atom stereocenters. The van der Waals surface area contributed by atoms with Crippen molar-refractivity contribution >= 4 is 43.2 Å². The van der Waals surface area contributed by atoms with E-state index in [9.17, 15) is 18.5 Å². The second-order valence-corrected chi connectivity index (χ2v) is 10.6. The summed E-state index contributed by atoms with van der Waals surface area (Å²) in [7, 11) is -3.82. The Morgan fingerprint density at radius 2 is 1.64 bits per heavy atom. The van der Waals surface area contributed by atoms with Crippen molar-refractivity contribution in [1.82, 2.24) is 0 Å². The maximum absolute atomic E-state index is 13.3. The molecule has 0 radical (unpaired) electrons. The topological polar surface area (TPSA) is 77.3 Å². The highest BCUT2D eigenvalue weighted by molar-refractivity contribution is 9.10. The van der Waals surface area contributed by atoms with Gasteiger partial charge in [-0.1, -0.05) is 52.3 Å². The number of sulfone groups is 1. The Bertz CT molecular complexity index is 1070. The van der Waals surface area contributed by atoms with Gasteiger partial charge >= 0.3 is 0 Å². The molecule has 0 N–H and O–H groups in total. The zero-order chi connectivity index (χ0) is 20.1. The molecule has 3 aromatic carbocycles. The molecule has 0 aromatic heterocycles. The third-order valence-electron chi connectivity index (χ3n) is 4.03. The van der Waals surface area contributed by atoms with Gasteiger partial charge in [0.2, 0.25) is 0 Å². The summed E-state index contributed by atoms with van der Waals surface area (Å²) >= 11 is 4.60. The molecule has 5 nitrogen and oxygen atoms in total. The third kappa shape index (κ3) is 5.01.